The van der Waals surface area contributed by atoms with Gasteiger partial charge in [0, 0.05) is 5.54 Å². The Morgan fingerprint density at radius 2 is 1.90 bits per heavy atom. The number of rotatable bonds is 4. The van der Waals surface area contributed by atoms with Crippen LogP contribution in [0.3, 0.4) is 0 Å². The quantitative estimate of drug-likeness (QED) is 0.850. The molecule has 0 aromatic heterocycles. The SMILES string of the molecule is CCC1CCCC(N)(c2ccc(OC)c(OC)c2)CC1. The van der Waals surface area contributed by atoms with Gasteiger partial charge in [0.05, 0.1) is 14.2 Å². The van der Waals surface area contributed by atoms with Crippen LogP contribution < -0.4 is 15.2 Å². The van der Waals surface area contributed by atoms with Crippen LogP contribution in [-0.4, -0.2) is 14.2 Å². The van der Waals surface area contributed by atoms with Crippen molar-refractivity contribution in [2.75, 3.05) is 14.2 Å². The Morgan fingerprint density at radius 1 is 1.15 bits per heavy atom. The zero-order valence-electron chi connectivity index (χ0n) is 12.9. The van der Waals surface area contributed by atoms with Crippen LogP contribution in [-0.2, 0) is 5.54 Å². The van der Waals surface area contributed by atoms with E-state index in [4.69, 9.17) is 15.2 Å². The standard InChI is InChI=1S/C17H27NO2/c1-4-13-6-5-10-17(18,11-9-13)14-7-8-15(19-2)16(12-14)20-3/h7-8,12-13H,4-6,9-11,18H2,1-3H3. The Hall–Kier alpha value is -1.22. The van der Waals surface area contributed by atoms with Crippen molar-refractivity contribution in [3.05, 3.63) is 23.8 Å². The van der Waals surface area contributed by atoms with E-state index in [-0.39, 0.29) is 5.54 Å². The predicted octanol–water partition coefficient (Wildman–Crippen LogP) is 3.85. The van der Waals surface area contributed by atoms with Gasteiger partial charge in [-0.05, 0) is 42.9 Å². The smallest absolute Gasteiger partial charge is 0.161 e. The molecule has 0 amide bonds. The van der Waals surface area contributed by atoms with Crippen LogP contribution in [0, 0.1) is 5.92 Å². The molecule has 2 atom stereocenters. The summed E-state index contributed by atoms with van der Waals surface area (Å²) >= 11 is 0. The molecule has 1 aromatic carbocycles. The van der Waals surface area contributed by atoms with Crippen molar-refractivity contribution >= 4 is 0 Å². The van der Waals surface area contributed by atoms with Crippen LogP contribution in [0.15, 0.2) is 18.2 Å². The lowest BCUT2D eigenvalue weighted by atomic mass is 9.83. The average molecular weight is 277 g/mol. The van der Waals surface area contributed by atoms with E-state index in [1.165, 1.54) is 31.2 Å². The lowest BCUT2D eigenvalue weighted by Gasteiger charge is -2.29. The molecule has 0 radical (unpaired) electrons. The molecule has 0 spiro atoms. The minimum absolute atomic E-state index is 0.219. The molecular formula is C17H27NO2. The highest BCUT2D eigenvalue weighted by atomic mass is 16.5. The second-order valence-corrected chi connectivity index (χ2v) is 5.93. The van der Waals surface area contributed by atoms with Gasteiger partial charge in [-0.2, -0.15) is 0 Å². The monoisotopic (exact) mass is 277 g/mol. The Kier molecular flexibility index (Phi) is 4.92. The van der Waals surface area contributed by atoms with E-state index in [0.717, 1.165) is 30.3 Å². The molecule has 1 saturated carbocycles. The lowest BCUT2D eigenvalue weighted by Crippen LogP contribution is -2.36. The van der Waals surface area contributed by atoms with Gasteiger partial charge in [-0.25, -0.2) is 0 Å². The van der Waals surface area contributed by atoms with Crippen LogP contribution in [0.2, 0.25) is 0 Å². The summed E-state index contributed by atoms with van der Waals surface area (Å²) in [7, 11) is 3.33. The molecule has 0 heterocycles. The zero-order chi connectivity index (χ0) is 14.6. The summed E-state index contributed by atoms with van der Waals surface area (Å²) in [5.74, 6) is 2.37. The third-order valence-electron chi connectivity index (χ3n) is 4.77. The summed E-state index contributed by atoms with van der Waals surface area (Å²) in [4.78, 5) is 0. The van der Waals surface area contributed by atoms with E-state index >= 15 is 0 Å². The Bertz CT molecular complexity index is 447. The van der Waals surface area contributed by atoms with Gasteiger partial charge in [-0.15, -0.1) is 0 Å². The number of hydrogen-bond acceptors (Lipinski definition) is 3. The molecule has 0 saturated heterocycles. The van der Waals surface area contributed by atoms with E-state index in [1.807, 2.05) is 12.1 Å². The van der Waals surface area contributed by atoms with Crippen molar-refractivity contribution in [2.45, 2.75) is 51.0 Å². The summed E-state index contributed by atoms with van der Waals surface area (Å²) in [5.41, 5.74) is 7.67. The number of ether oxygens (including phenoxy) is 2. The van der Waals surface area contributed by atoms with Crippen LogP contribution in [0.5, 0.6) is 11.5 Å². The molecule has 0 bridgehead atoms. The first-order valence-electron chi connectivity index (χ1n) is 7.64. The molecule has 20 heavy (non-hydrogen) atoms. The van der Waals surface area contributed by atoms with Gasteiger partial charge in [0.15, 0.2) is 11.5 Å². The maximum atomic E-state index is 6.72. The third kappa shape index (κ3) is 3.09. The molecule has 1 aliphatic rings. The maximum absolute atomic E-state index is 6.72. The first-order valence-corrected chi connectivity index (χ1v) is 7.64. The van der Waals surface area contributed by atoms with Crippen LogP contribution in [0.1, 0.15) is 51.0 Å². The second-order valence-electron chi connectivity index (χ2n) is 5.93. The third-order valence-corrected chi connectivity index (χ3v) is 4.77. The molecule has 2 N–H and O–H groups in total. The Morgan fingerprint density at radius 3 is 2.55 bits per heavy atom. The maximum Gasteiger partial charge on any atom is 0.161 e. The first-order chi connectivity index (χ1) is 9.62. The Labute approximate surface area is 122 Å². The fraction of sp³-hybridized carbons (Fsp3) is 0.647. The molecule has 3 nitrogen and oxygen atoms in total. The van der Waals surface area contributed by atoms with Crippen molar-refractivity contribution in [1.82, 2.24) is 0 Å². The van der Waals surface area contributed by atoms with Gasteiger partial charge in [-0.1, -0.05) is 32.3 Å². The van der Waals surface area contributed by atoms with Crippen molar-refractivity contribution in [2.24, 2.45) is 11.7 Å². The molecule has 1 aliphatic carbocycles. The molecule has 2 rings (SSSR count). The highest BCUT2D eigenvalue weighted by Gasteiger charge is 2.31. The normalized spacial score (nSPS) is 26.9. The fourth-order valence-corrected chi connectivity index (χ4v) is 3.28. The van der Waals surface area contributed by atoms with Crippen LogP contribution >= 0.6 is 0 Å². The molecule has 1 fully saturated rings. The summed E-state index contributed by atoms with van der Waals surface area (Å²) in [6.45, 7) is 2.28. The fourth-order valence-electron chi connectivity index (χ4n) is 3.28. The average Bonchev–Trinajstić information content (AvgIpc) is 2.69. The zero-order valence-corrected chi connectivity index (χ0v) is 12.9. The minimum Gasteiger partial charge on any atom is -0.493 e. The number of hydrogen-bond donors (Lipinski definition) is 1. The van der Waals surface area contributed by atoms with Gasteiger partial charge in [0.25, 0.3) is 0 Å². The van der Waals surface area contributed by atoms with Gasteiger partial charge in [-0.3, -0.25) is 0 Å². The van der Waals surface area contributed by atoms with Crippen LogP contribution in [0.4, 0.5) is 0 Å². The van der Waals surface area contributed by atoms with E-state index in [0.29, 0.717) is 0 Å². The minimum atomic E-state index is -0.219. The van der Waals surface area contributed by atoms with Gasteiger partial charge in [0.2, 0.25) is 0 Å². The van der Waals surface area contributed by atoms with Crippen molar-refractivity contribution in [3.8, 4) is 11.5 Å². The molecular weight excluding hydrogens is 250 g/mol. The number of methoxy groups -OCH3 is 2. The molecule has 112 valence electrons. The number of benzene rings is 1. The van der Waals surface area contributed by atoms with E-state index < -0.39 is 0 Å². The first kappa shape index (κ1) is 15.2. The Balaban J connectivity index is 2.25. The summed E-state index contributed by atoms with van der Waals surface area (Å²) < 4.78 is 10.7. The van der Waals surface area contributed by atoms with Crippen molar-refractivity contribution in [1.29, 1.82) is 0 Å². The molecule has 0 aliphatic heterocycles. The molecule has 2 unspecified atom stereocenters. The van der Waals surface area contributed by atoms with Crippen LogP contribution in [0.25, 0.3) is 0 Å². The van der Waals surface area contributed by atoms with Gasteiger partial charge in [0.1, 0.15) is 0 Å². The van der Waals surface area contributed by atoms with E-state index in [1.54, 1.807) is 14.2 Å². The van der Waals surface area contributed by atoms with E-state index in [2.05, 4.69) is 13.0 Å². The number of nitrogens with two attached hydrogens (primary N) is 1. The summed E-state index contributed by atoms with van der Waals surface area (Å²) in [5, 5.41) is 0. The van der Waals surface area contributed by atoms with Gasteiger partial charge >= 0.3 is 0 Å². The topological polar surface area (TPSA) is 44.5 Å². The molecule has 1 aromatic rings. The van der Waals surface area contributed by atoms with Crippen molar-refractivity contribution in [3.63, 3.8) is 0 Å². The van der Waals surface area contributed by atoms with Gasteiger partial charge < -0.3 is 15.2 Å². The van der Waals surface area contributed by atoms with Crippen molar-refractivity contribution < 1.29 is 9.47 Å². The summed E-state index contributed by atoms with van der Waals surface area (Å²) in [6, 6.07) is 6.10. The van der Waals surface area contributed by atoms with E-state index in [9.17, 15) is 0 Å². The highest BCUT2D eigenvalue weighted by molar-refractivity contribution is 5.45. The molecule has 3 heteroatoms. The largest absolute Gasteiger partial charge is 0.493 e. The second kappa shape index (κ2) is 6.49. The summed E-state index contributed by atoms with van der Waals surface area (Å²) in [6.07, 6.45) is 7.12. The predicted molar refractivity (Wildman–Crippen MR) is 82.3 cm³/mol. The highest BCUT2D eigenvalue weighted by Crippen LogP contribution is 2.39. The lowest BCUT2D eigenvalue weighted by molar-refractivity contribution is 0.346.